The first-order chi connectivity index (χ1) is 13.0. The second kappa shape index (κ2) is 7.11. The van der Waals surface area contributed by atoms with Gasteiger partial charge in [-0.25, -0.2) is 9.67 Å². The zero-order chi connectivity index (χ0) is 19.0. The van der Waals surface area contributed by atoms with Crippen LogP contribution < -0.4 is 5.32 Å². The van der Waals surface area contributed by atoms with Crippen LogP contribution in [0.15, 0.2) is 30.9 Å². The number of halogens is 1. The van der Waals surface area contributed by atoms with Gasteiger partial charge in [-0.1, -0.05) is 24.4 Å². The molecule has 2 heterocycles. The summed E-state index contributed by atoms with van der Waals surface area (Å²) < 4.78 is 1.49. The molecule has 1 saturated carbocycles. The van der Waals surface area contributed by atoms with E-state index in [1.807, 2.05) is 0 Å². The third-order valence-corrected chi connectivity index (χ3v) is 5.37. The number of nitrogens with one attached hydrogen (secondary N) is 1. The minimum absolute atomic E-state index is 0.234. The fourth-order valence-corrected chi connectivity index (χ4v) is 4.03. The molecule has 2 aliphatic rings. The zero-order valence-corrected chi connectivity index (χ0v) is 15.2. The molecule has 0 bridgehead atoms. The molecular weight excluding hydrogens is 370 g/mol. The molecule has 2 atom stereocenters. The van der Waals surface area contributed by atoms with E-state index in [2.05, 4.69) is 15.4 Å². The fraction of sp³-hybridized carbons (Fsp3) is 0.389. The lowest BCUT2D eigenvalue weighted by atomic mass is 9.81. The van der Waals surface area contributed by atoms with Gasteiger partial charge >= 0.3 is 0 Å². The van der Waals surface area contributed by atoms with Crippen molar-refractivity contribution in [3.8, 4) is 5.69 Å². The highest BCUT2D eigenvalue weighted by Crippen LogP contribution is 2.37. The molecule has 0 radical (unpaired) electrons. The van der Waals surface area contributed by atoms with Crippen molar-refractivity contribution in [2.24, 2.45) is 11.8 Å². The Morgan fingerprint density at radius 1 is 1.19 bits per heavy atom. The number of benzene rings is 1. The molecule has 1 N–H and O–H groups in total. The standard InChI is InChI=1S/C18H18ClN5O3/c19-11-5-6-15(24-10-20-9-21-24)14(7-11)22-16(25)8-23-17(26)12-3-1-2-4-13(12)18(23)27/h5-7,9-10,12-13H,1-4,8H2,(H,22,25). The summed E-state index contributed by atoms with van der Waals surface area (Å²) in [5.41, 5.74) is 1.01. The molecule has 1 aromatic heterocycles. The second-order valence-electron chi connectivity index (χ2n) is 6.81. The highest BCUT2D eigenvalue weighted by molar-refractivity contribution is 6.31. The number of imide groups is 1. The van der Waals surface area contributed by atoms with Crippen molar-refractivity contribution >= 4 is 35.0 Å². The Balaban J connectivity index is 1.51. The number of nitrogens with zero attached hydrogens (tertiary/aromatic N) is 4. The van der Waals surface area contributed by atoms with Crippen molar-refractivity contribution in [2.75, 3.05) is 11.9 Å². The zero-order valence-electron chi connectivity index (χ0n) is 14.5. The van der Waals surface area contributed by atoms with E-state index in [0.29, 0.717) is 16.4 Å². The van der Waals surface area contributed by atoms with Crippen LogP contribution in [-0.4, -0.2) is 43.9 Å². The highest BCUT2D eigenvalue weighted by Gasteiger charge is 2.48. The molecular formula is C18H18ClN5O3. The third-order valence-electron chi connectivity index (χ3n) is 5.13. The number of likely N-dealkylation sites (tertiary alicyclic amines) is 1. The number of hydrogen-bond donors (Lipinski definition) is 1. The summed E-state index contributed by atoms with van der Waals surface area (Å²) in [6.07, 6.45) is 6.21. The van der Waals surface area contributed by atoms with Gasteiger partial charge in [-0.3, -0.25) is 19.3 Å². The molecule has 1 aromatic carbocycles. The minimum atomic E-state index is -0.459. The average Bonchev–Trinajstić information content (AvgIpc) is 3.26. The van der Waals surface area contributed by atoms with Gasteiger partial charge in [0.05, 0.1) is 23.2 Å². The second-order valence-corrected chi connectivity index (χ2v) is 7.25. The molecule has 2 fully saturated rings. The van der Waals surface area contributed by atoms with E-state index in [-0.39, 0.29) is 30.2 Å². The van der Waals surface area contributed by atoms with Crippen LogP contribution in [0.3, 0.4) is 0 Å². The Bertz CT molecular complexity index is 874. The van der Waals surface area contributed by atoms with E-state index in [1.165, 1.54) is 17.3 Å². The summed E-state index contributed by atoms with van der Waals surface area (Å²) in [6.45, 7) is -0.298. The molecule has 2 aromatic rings. The van der Waals surface area contributed by atoms with E-state index in [1.54, 1.807) is 18.2 Å². The van der Waals surface area contributed by atoms with Crippen LogP contribution in [0.5, 0.6) is 0 Å². The molecule has 0 spiro atoms. The monoisotopic (exact) mass is 387 g/mol. The summed E-state index contributed by atoms with van der Waals surface area (Å²) in [4.78, 5) is 42.6. The number of fused-ring (bicyclic) bond motifs is 1. The number of hydrogen-bond acceptors (Lipinski definition) is 5. The van der Waals surface area contributed by atoms with Crippen LogP contribution in [0, 0.1) is 11.8 Å². The van der Waals surface area contributed by atoms with E-state index < -0.39 is 5.91 Å². The molecule has 1 aliphatic carbocycles. The van der Waals surface area contributed by atoms with Gasteiger partial charge in [0.2, 0.25) is 17.7 Å². The number of anilines is 1. The van der Waals surface area contributed by atoms with Crippen molar-refractivity contribution in [2.45, 2.75) is 25.7 Å². The SMILES string of the molecule is O=C(CN1C(=O)C2CCCCC2C1=O)Nc1cc(Cl)ccc1-n1cncn1. The number of carbonyl (C=O) groups excluding carboxylic acids is 3. The lowest BCUT2D eigenvalue weighted by molar-refractivity contribution is -0.142. The van der Waals surface area contributed by atoms with Gasteiger partial charge in [0.15, 0.2) is 0 Å². The maximum Gasteiger partial charge on any atom is 0.244 e. The van der Waals surface area contributed by atoms with E-state index in [0.717, 1.165) is 30.6 Å². The predicted octanol–water partition coefficient (Wildman–Crippen LogP) is 2.03. The van der Waals surface area contributed by atoms with Gasteiger partial charge in [-0.15, -0.1) is 0 Å². The summed E-state index contributed by atoms with van der Waals surface area (Å²) in [5.74, 6) is -1.46. The van der Waals surface area contributed by atoms with E-state index >= 15 is 0 Å². The van der Waals surface area contributed by atoms with Crippen LogP contribution in [0.4, 0.5) is 5.69 Å². The number of amides is 3. The molecule has 140 valence electrons. The largest absolute Gasteiger partial charge is 0.323 e. The van der Waals surface area contributed by atoms with Crippen molar-refractivity contribution in [1.29, 1.82) is 0 Å². The van der Waals surface area contributed by atoms with E-state index in [4.69, 9.17) is 11.6 Å². The van der Waals surface area contributed by atoms with Gasteiger partial charge < -0.3 is 5.32 Å². The minimum Gasteiger partial charge on any atom is -0.323 e. The predicted molar refractivity (Wildman–Crippen MR) is 97.2 cm³/mol. The Morgan fingerprint density at radius 2 is 1.89 bits per heavy atom. The smallest absolute Gasteiger partial charge is 0.244 e. The highest BCUT2D eigenvalue weighted by atomic mass is 35.5. The summed E-state index contributed by atoms with van der Waals surface area (Å²) in [5, 5.41) is 7.22. The van der Waals surface area contributed by atoms with Crippen LogP contribution in [-0.2, 0) is 14.4 Å². The van der Waals surface area contributed by atoms with Gasteiger partial charge in [-0.2, -0.15) is 5.10 Å². The number of rotatable bonds is 4. The fourth-order valence-electron chi connectivity index (χ4n) is 3.86. The number of carbonyl (C=O) groups is 3. The molecule has 9 heteroatoms. The first-order valence-electron chi connectivity index (χ1n) is 8.84. The molecule has 2 unspecified atom stereocenters. The topological polar surface area (TPSA) is 97.2 Å². The lowest BCUT2D eigenvalue weighted by Gasteiger charge is -2.19. The van der Waals surface area contributed by atoms with Gasteiger partial charge in [-0.05, 0) is 31.0 Å². The van der Waals surface area contributed by atoms with Crippen molar-refractivity contribution in [3.63, 3.8) is 0 Å². The van der Waals surface area contributed by atoms with Crippen LogP contribution in [0.2, 0.25) is 5.02 Å². The van der Waals surface area contributed by atoms with Gasteiger partial charge in [0.1, 0.15) is 19.2 Å². The Morgan fingerprint density at radius 3 is 2.52 bits per heavy atom. The molecule has 1 aliphatic heterocycles. The molecule has 1 saturated heterocycles. The van der Waals surface area contributed by atoms with Crippen LogP contribution in [0.25, 0.3) is 5.69 Å². The maximum absolute atomic E-state index is 12.6. The Kier molecular flexibility index (Phi) is 4.65. The number of aromatic nitrogens is 3. The maximum atomic E-state index is 12.6. The third kappa shape index (κ3) is 3.32. The van der Waals surface area contributed by atoms with Crippen molar-refractivity contribution in [3.05, 3.63) is 35.9 Å². The first-order valence-corrected chi connectivity index (χ1v) is 9.22. The van der Waals surface area contributed by atoms with Gasteiger partial charge in [0, 0.05) is 5.02 Å². The van der Waals surface area contributed by atoms with Crippen molar-refractivity contribution < 1.29 is 14.4 Å². The van der Waals surface area contributed by atoms with E-state index in [9.17, 15) is 14.4 Å². The Hall–Kier alpha value is -2.74. The molecule has 8 nitrogen and oxygen atoms in total. The van der Waals surface area contributed by atoms with Crippen LogP contribution >= 0.6 is 11.6 Å². The summed E-state index contributed by atoms with van der Waals surface area (Å²) >= 11 is 6.05. The summed E-state index contributed by atoms with van der Waals surface area (Å²) in [6, 6.07) is 4.96. The van der Waals surface area contributed by atoms with Gasteiger partial charge in [0.25, 0.3) is 0 Å². The summed E-state index contributed by atoms with van der Waals surface area (Å²) in [7, 11) is 0. The molecule has 27 heavy (non-hydrogen) atoms. The quantitative estimate of drug-likeness (QED) is 0.809. The molecule has 3 amide bonds. The first kappa shape index (κ1) is 17.7. The normalized spacial score (nSPS) is 22.0. The lowest BCUT2D eigenvalue weighted by Crippen LogP contribution is -2.38. The molecule has 4 rings (SSSR count). The van der Waals surface area contributed by atoms with Crippen molar-refractivity contribution in [1.82, 2.24) is 19.7 Å². The van der Waals surface area contributed by atoms with Crippen LogP contribution in [0.1, 0.15) is 25.7 Å². The Labute approximate surface area is 160 Å². The average molecular weight is 388 g/mol.